The predicted molar refractivity (Wildman–Crippen MR) is 49.1 cm³/mol. The summed E-state index contributed by atoms with van der Waals surface area (Å²) >= 11 is 0. The summed E-state index contributed by atoms with van der Waals surface area (Å²) < 4.78 is 4.45. The fraction of sp³-hybridized carbons (Fsp3) is 0.125. The minimum Gasteiger partial charge on any atom is -0.465 e. The molecule has 72 valence electrons. The summed E-state index contributed by atoms with van der Waals surface area (Å²) in [5.41, 5.74) is 11.0. The number of ether oxygens (including phenoxy) is 1. The molecule has 0 atom stereocenters. The normalized spacial score (nSPS) is 9.14. The Morgan fingerprint density at radius 2 is 2.29 bits per heavy atom. The molecule has 4 N–H and O–H groups in total. The van der Waals surface area contributed by atoms with E-state index >= 15 is 0 Å². The lowest BCUT2D eigenvalue weighted by Crippen LogP contribution is -2.12. The van der Waals surface area contributed by atoms with Gasteiger partial charge in [-0.05, 0) is 0 Å². The number of nitrogen functional groups attached to an aromatic ring is 2. The Morgan fingerprint density at radius 3 is 2.79 bits per heavy atom. The molecule has 0 bridgehead atoms. The van der Waals surface area contributed by atoms with Crippen LogP contribution in [0.2, 0.25) is 0 Å². The van der Waals surface area contributed by atoms with E-state index in [1.807, 2.05) is 0 Å². The van der Waals surface area contributed by atoms with Crippen molar-refractivity contribution in [1.29, 1.82) is 5.26 Å². The van der Waals surface area contributed by atoms with E-state index in [0.29, 0.717) is 0 Å². The quantitative estimate of drug-likeness (QED) is 0.600. The third-order valence-corrected chi connectivity index (χ3v) is 1.66. The van der Waals surface area contributed by atoms with Crippen LogP contribution in [0.25, 0.3) is 0 Å². The van der Waals surface area contributed by atoms with Gasteiger partial charge in [0.1, 0.15) is 17.5 Å². The van der Waals surface area contributed by atoms with E-state index in [4.69, 9.17) is 16.7 Å². The topological polar surface area (TPSA) is 115 Å². The number of nitriles is 1. The first-order valence-corrected chi connectivity index (χ1v) is 3.64. The maximum Gasteiger partial charge on any atom is 0.343 e. The molecule has 0 unspecified atom stereocenters. The molecule has 1 aromatic rings. The van der Waals surface area contributed by atoms with Crippen LogP contribution in [0.5, 0.6) is 0 Å². The molecule has 14 heavy (non-hydrogen) atoms. The molecular formula is C8H8N4O2. The Hall–Kier alpha value is -2.29. The molecule has 0 radical (unpaired) electrons. The summed E-state index contributed by atoms with van der Waals surface area (Å²) in [7, 11) is 1.19. The molecule has 1 rings (SSSR count). The molecule has 0 amide bonds. The summed E-state index contributed by atoms with van der Waals surface area (Å²) in [6, 6.07) is 1.79. The fourth-order valence-corrected chi connectivity index (χ4v) is 0.947. The molecule has 6 heteroatoms. The monoisotopic (exact) mass is 192 g/mol. The summed E-state index contributed by atoms with van der Waals surface area (Å²) in [6.45, 7) is 0. The number of nitrogens with zero attached hydrogens (tertiary/aromatic N) is 2. The second-order valence-electron chi connectivity index (χ2n) is 2.45. The van der Waals surface area contributed by atoms with Gasteiger partial charge in [-0.3, -0.25) is 0 Å². The lowest BCUT2D eigenvalue weighted by molar-refractivity contribution is 0.0603. The van der Waals surface area contributed by atoms with Gasteiger partial charge in [0.15, 0.2) is 0 Å². The van der Waals surface area contributed by atoms with Gasteiger partial charge in [-0.2, -0.15) is 5.26 Å². The van der Waals surface area contributed by atoms with Crippen molar-refractivity contribution in [3.63, 3.8) is 0 Å². The van der Waals surface area contributed by atoms with Gasteiger partial charge in [0.05, 0.1) is 18.4 Å². The third kappa shape index (κ3) is 1.43. The summed E-state index contributed by atoms with van der Waals surface area (Å²) in [5.74, 6) is -0.752. The summed E-state index contributed by atoms with van der Waals surface area (Å²) in [4.78, 5) is 14.8. The van der Waals surface area contributed by atoms with Gasteiger partial charge < -0.3 is 16.2 Å². The minimum absolute atomic E-state index is 0.00755. The Bertz CT molecular complexity index is 422. The van der Waals surface area contributed by atoms with E-state index in [9.17, 15) is 4.79 Å². The van der Waals surface area contributed by atoms with Crippen molar-refractivity contribution in [1.82, 2.24) is 4.98 Å². The maximum absolute atomic E-state index is 11.2. The highest BCUT2D eigenvalue weighted by Crippen LogP contribution is 2.21. The zero-order chi connectivity index (χ0) is 10.7. The van der Waals surface area contributed by atoms with Crippen LogP contribution >= 0.6 is 0 Å². The number of rotatable bonds is 1. The van der Waals surface area contributed by atoms with E-state index in [-0.39, 0.29) is 22.6 Å². The second-order valence-corrected chi connectivity index (χ2v) is 2.45. The number of carbonyl (C=O) groups is 1. The molecule has 0 saturated heterocycles. The number of methoxy groups -OCH3 is 1. The zero-order valence-electron chi connectivity index (χ0n) is 7.44. The molecule has 0 aromatic carbocycles. The van der Waals surface area contributed by atoms with Gasteiger partial charge >= 0.3 is 5.97 Å². The number of hydrogen-bond donors (Lipinski definition) is 2. The van der Waals surface area contributed by atoms with Crippen LogP contribution < -0.4 is 11.5 Å². The molecule has 6 nitrogen and oxygen atoms in total. The van der Waals surface area contributed by atoms with E-state index in [0.717, 1.165) is 0 Å². The number of carbonyl (C=O) groups excluding carboxylic acids is 1. The highest BCUT2D eigenvalue weighted by molar-refractivity contribution is 6.00. The van der Waals surface area contributed by atoms with Gasteiger partial charge in [0.2, 0.25) is 0 Å². The summed E-state index contributed by atoms with van der Waals surface area (Å²) in [5, 5.41) is 8.63. The van der Waals surface area contributed by atoms with Crippen molar-refractivity contribution in [3.05, 3.63) is 17.3 Å². The van der Waals surface area contributed by atoms with Crippen LogP contribution in [0.4, 0.5) is 11.5 Å². The molecule has 0 spiro atoms. The number of hydrogen-bond acceptors (Lipinski definition) is 6. The van der Waals surface area contributed by atoms with Crippen molar-refractivity contribution in [2.24, 2.45) is 0 Å². The molecule has 0 aliphatic rings. The van der Waals surface area contributed by atoms with Crippen molar-refractivity contribution in [3.8, 4) is 6.07 Å². The van der Waals surface area contributed by atoms with Crippen LogP contribution in [0, 0.1) is 11.3 Å². The maximum atomic E-state index is 11.2. The predicted octanol–water partition coefficient (Wildman–Crippen LogP) is -0.0957. The highest BCUT2D eigenvalue weighted by atomic mass is 16.5. The van der Waals surface area contributed by atoms with E-state index in [2.05, 4.69) is 9.72 Å². The van der Waals surface area contributed by atoms with Crippen LogP contribution in [0.1, 0.15) is 15.9 Å². The van der Waals surface area contributed by atoms with Crippen molar-refractivity contribution in [2.45, 2.75) is 0 Å². The van der Waals surface area contributed by atoms with Gasteiger partial charge in [-0.1, -0.05) is 0 Å². The average molecular weight is 192 g/mol. The van der Waals surface area contributed by atoms with Crippen LogP contribution in [0.15, 0.2) is 6.20 Å². The number of aromatic nitrogens is 1. The third-order valence-electron chi connectivity index (χ3n) is 1.66. The SMILES string of the molecule is COC(=O)c1c(N)ncc(C#N)c1N. The van der Waals surface area contributed by atoms with Gasteiger partial charge in [-0.25, -0.2) is 9.78 Å². The van der Waals surface area contributed by atoms with E-state index in [1.165, 1.54) is 13.3 Å². The molecule has 1 aromatic heterocycles. The Kier molecular flexibility index (Phi) is 2.53. The van der Waals surface area contributed by atoms with Crippen molar-refractivity contribution in [2.75, 3.05) is 18.6 Å². The first-order chi connectivity index (χ1) is 6.61. The number of pyridine rings is 1. The Balaban J connectivity index is 3.42. The number of esters is 1. The molecule has 1 heterocycles. The minimum atomic E-state index is -0.704. The lowest BCUT2D eigenvalue weighted by Gasteiger charge is -2.06. The van der Waals surface area contributed by atoms with E-state index < -0.39 is 5.97 Å². The van der Waals surface area contributed by atoms with Gasteiger partial charge in [0.25, 0.3) is 0 Å². The van der Waals surface area contributed by atoms with Crippen LogP contribution in [0.3, 0.4) is 0 Å². The molecular weight excluding hydrogens is 184 g/mol. The van der Waals surface area contributed by atoms with Crippen LogP contribution in [-0.2, 0) is 4.74 Å². The highest BCUT2D eigenvalue weighted by Gasteiger charge is 2.17. The van der Waals surface area contributed by atoms with Gasteiger partial charge in [-0.15, -0.1) is 0 Å². The first-order valence-electron chi connectivity index (χ1n) is 3.64. The molecule has 0 fully saturated rings. The lowest BCUT2D eigenvalue weighted by atomic mass is 10.1. The first kappa shape index (κ1) is 9.80. The number of nitrogens with two attached hydrogens (primary N) is 2. The summed E-state index contributed by atoms with van der Waals surface area (Å²) in [6.07, 6.45) is 1.21. The zero-order valence-corrected chi connectivity index (χ0v) is 7.44. The second kappa shape index (κ2) is 3.62. The average Bonchev–Trinajstić information content (AvgIpc) is 2.18. The molecule has 0 aliphatic heterocycles. The standard InChI is InChI=1S/C8H8N4O2/c1-14-8(13)5-6(10)4(2-9)3-12-7(5)11/h3H,1H3,(H4,10,11,12). The smallest absolute Gasteiger partial charge is 0.343 e. The van der Waals surface area contributed by atoms with Gasteiger partial charge in [0, 0.05) is 6.20 Å². The fourth-order valence-electron chi connectivity index (χ4n) is 0.947. The Labute approximate surface area is 80.1 Å². The molecule has 0 aliphatic carbocycles. The molecule has 0 saturated carbocycles. The Morgan fingerprint density at radius 1 is 1.64 bits per heavy atom. The van der Waals surface area contributed by atoms with Crippen LogP contribution in [-0.4, -0.2) is 18.1 Å². The number of anilines is 2. The van der Waals surface area contributed by atoms with Crippen molar-refractivity contribution >= 4 is 17.5 Å². The van der Waals surface area contributed by atoms with Crippen molar-refractivity contribution < 1.29 is 9.53 Å². The van der Waals surface area contributed by atoms with E-state index in [1.54, 1.807) is 6.07 Å². The largest absolute Gasteiger partial charge is 0.465 e.